The molecule has 140 valence electrons. The molecule has 2 N–H and O–H groups in total. The number of amides is 2. The zero-order chi connectivity index (χ0) is 18.8. The highest BCUT2D eigenvalue weighted by Crippen LogP contribution is 2.27. The fraction of sp³-hybridized carbons (Fsp3) is 0.556. The van der Waals surface area contributed by atoms with Gasteiger partial charge in [-0.25, -0.2) is 0 Å². The third kappa shape index (κ3) is 7.32. The molecule has 0 heterocycles. The minimum absolute atomic E-state index is 0.0709. The molecule has 1 aromatic rings. The molecule has 1 rings (SSSR count). The van der Waals surface area contributed by atoms with Gasteiger partial charge >= 0.3 is 0 Å². The van der Waals surface area contributed by atoms with Crippen molar-refractivity contribution in [2.45, 2.75) is 26.7 Å². The summed E-state index contributed by atoms with van der Waals surface area (Å²) in [5, 5.41) is 3.31. The van der Waals surface area contributed by atoms with Crippen LogP contribution in [0.5, 0.6) is 5.75 Å². The first kappa shape index (κ1) is 21.3. The normalized spacial score (nSPS) is 11.7. The molecule has 1 unspecified atom stereocenters. The maximum Gasteiger partial charge on any atom is 0.279 e. The summed E-state index contributed by atoms with van der Waals surface area (Å²) >= 11 is 5.96. The molecule has 25 heavy (non-hydrogen) atoms. The van der Waals surface area contributed by atoms with Gasteiger partial charge in [-0.3, -0.25) is 9.59 Å². The van der Waals surface area contributed by atoms with Crippen LogP contribution in [0.3, 0.4) is 0 Å². The van der Waals surface area contributed by atoms with Gasteiger partial charge in [0.05, 0.1) is 19.8 Å². The zero-order valence-corrected chi connectivity index (χ0v) is 16.3. The smallest absolute Gasteiger partial charge is 0.279 e. The van der Waals surface area contributed by atoms with Gasteiger partial charge in [0.25, 0.3) is 11.8 Å². The number of halogens is 1. The quantitative estimate of drug-likeness (QED) is 0.655. The number of nitrogens with zero attached hydrogens (tertiary/aromatic N) is 1. The Morgan fingerprint density at radius 1 is 1.28 bits per heavy atom. The molecule has 7 heteroatoms. The van der Waals surface area contributed by atoms with Crippen molar-refractivity contribution in [1.82, 2.24) is 4.90 Å². The zero-order valence-electron chi connectivity index (χ0n) is 15.5. The molecule has 0 saturated heterocycles. The van der Waals surface area contributed by atoms with Crippen LogP contribution in [0.1, 0.15) is 26.7 Å². The van der Waals surface area contributed by atoms with Crippen LogP contribution in [-0.2, 0) is 9.59 Å². The molecule has 0 aliphatic heterocycles. The lowest BCUT2D eigenvalue weighted by atomic mass is 10.3. The van der Waals surface area contributed by atoms with Gasteiger partial charge in [-0.2, -0.15) is 0 Å². The first-order chi connectivity index (χ1) is 11.9. The number of hydrogen-bond acceptors (Lipinski definition) is 3. The molecule has 0 aliphatic rings. The average Bonchev–Trinajstić information content (AvgIpc) is 2.55. The molecule has 0 bridgehead atoms. The predicted molar refractivity (Wildman–Crippen MR) is 100 cm³/mol. The third-order valence-corrected chi connectivity index (χ3v) is 4.10. The number of hydrogen-bond donors (Lipinski definition) is 2. The lowest BCUT2D eigenvalue weighted by Gasteiger charge is -2.22. The van der Waals surface area contributed by atoms with E-state index in [1.807, 2.05) is 18.9 Å². The Morgan fingerprint density at radius 3 is 2.60 bits per heavy atom. The molecular weight excluding hydrogens is 342 g/mol. The van der Waals surface area contributed by atoms with Crippen LogP contribution in [0, 0.1) is 0 Å². The van der Waals surface area contributed by atoms with Crippen LogP contribution in [0.2, 0.25) is 5.02 Å². The molecule has 0 aliphatic carbocycles. The molecule has 0 aromatic heterocycles. The van der Waals surface area contributed by atoms with E-state index in [-0.39, 0.29) is 24.9 Å². The first-order valence-electron chi connectivity index (χ1n) is 8.63. The molecule has 1 atom stereocenters. The molecule has 2 amide bonds. The van der Waals surface area contributed by atoms with Crippen LogP contribution in [0.25, 0.3) is 0 Å². The molecule has 1 aromatic carbocycles. The van der Waals surface area contributed by atoms with Gasteiger partial charge in [0.15, 0.2) is 13.1 Å². The number of anilines is 1. The van der Waals surface area contributed by atoms with E-state index in [0.717, 1.165) is 24.3 Å². The number of ether oxygens (including phenoxy) is 1. The highest BCUT2D eigenvalue weighted by Gasteiger charge is 2.19. The Labute approximate surface area is 155 Å². The van der Waals surface area contributed by atoms with Gasteiger partial charge in [-0.05, 0) is 31.5 Å². The Hall–Kier alpha value is -1.79. The Balaban J connectivity index is 2.56. The molecule has 6 nitrogen and oxygen atoms in total. The van der Waals surface area contributed by atoms with Gasteiger partial charge in [-0.15, -0.1) is 0 Å². The maximum absolute atomic E-state index is 12.3. The first-order valence-corrected chi connectivity index (χ1v) is 9.01. The van der Waals surface area contributed by atoms with E-state index < -0.39 is 0 Å². The minimum atomic E-state index is -0.192. The Kier molecular flexibility index (Phi) is 9.31. The monoisotopic (exact) mass is 370 g/mol. The number of rotatable bonds is 10. The molecule has 0 spiro atoms. The number of methoxy groups -OCH3 is 1. The van der Waals surface area contributed by atoms with Crippen LogP contribution in [-0.4, -0.2) is 57.1 Å². The second-order valence-corrected chi connectivity index (χ2v) is 6.47. The second kappa shape index (κ2) is 10.9. The van der Waals surface area contributed by atoms with Crippen LogP contribution >= 0.6 is 11.6 Å². The number of nitrogens with one attached hydrogen (secondary N) is 2. The van der Waals surface area contributed by atoms with Crippen molar-refractivity contribution in [2.24, 2.45) is 0 Å². The van der Waals surface area contributed by atoms with Crippen molar-refractivity contribution in [3.63, 3.8) is 0 Å². The predicted octanol–water partition coefficient (Wildman–Crippen LogP) is 1.45. The number of carbonyl (C=O) groups is 2. The summed E-state index contributed by atoms with van der Waals surface area (Å²) < 4.78 is 5.21. The standard InChI is InChI=1S/C18H28ClN3O3/c1-5-7-10-22(6-2)18(24)13-21(3)12-17(23)20-15-11-14(19)8-9-16(15)25-4/h8-9,11H,5-7,10,12-13H2,1-4H3,(H,20,23)/p+1. The van der Waals surface area contributed by atoms with Gasteiger partial charge in [0, 0.05) is 18.1 Å². The summed E-state index contributed by atoms with van der Waals surface area (Å²) in [6.45, 7) is 6.01. The lowest BCUT2D eigenvalue weighted by molar-refractivity contribution is -0.862. The van der Waals surface area contributed by atoms with Gasteiger partial charge in [0.2, 0.25) is 0 Å². The topological polar surface area (TPSA) is 63.1 Å². The van der Waals surface area contributed by atoms with Crippen molar-refractivity contribution in [2.75, 3.05) is 45.7 Å². The molecule has 0 fully saturated rings. The van der Waals surface area contributed by atoms with Crippen molar-refractivity contribution in [3.8, 4) is 5.75 Å². The van der Waals surface area contributed by atoms with E-state index in [4.69, 9.17) is 16.3 Å². The summed E-state index contributed by atoms with van der Waals surface area (Å²) in [6, 6.07) is 5.04. The van der Waals surface area contributed by atoms with Crippen LogP contribution in [0.4, 0.5) is 5.69 Å². The Morgan fingerprint density at radius 2 is 2.00 bits per heavy atom. The van der Waals surface area contributed by atoms with Gasteiger partial charge in [-0.1, -0.05) is 24.9 Å². The van der Waals surface area contributed by atoms with Crippen molar-refractivity contribution < 1.29 is 19.2 Å². The van der Waals surface area contributed by atoms with E-state index in [1.165, 1.54) is 7.11 Å². The highest BCUT2D eigenvalue weighted by molar-refractivity contribution is 6.31. The molecule has 0 radical (unpaired) electrons. The number of quaternary nitrogens is 1. The van der Waals surface area contributed by atoms with Crippen LogP contribution < -0.4 is 15.0 Å². The highest BCUT2D eigenvalue weighted by atomic mass is 35.5. The van der Waals surface area contributed by atoms with E-state index in [2.05, 4.69) is 12.2 Å². The maximum atomic E-state index is 12.3. The SMILES string of the molecule is CCCCN(CC)C(=O)C[NH+](C)CC(=O)Nc1cc(Cl)ccc1OC. The van der Waals surface area contributed by atoms with E-state index in [0.29, 0.717) is 23.0 Å². The summed E-state index contributed by atoms with van der Waals surface area (Å²) in [5.41, 5.74) is 0.525. The van der Waals surface area contributed by atoms with E-state index in [9.17, 15) is 9.59 Å². The van der Waals surface area contributed by atoms with Crippen molar-refractivity contribution in [3.05, 3.63) is 23.2 Å². The fourth-order valence-corrected chi connectivity index (χ4v) is 2.66. The molecule has 0 saturated carbocycles. The van der Waals surface area contributed by atoms with Crippen molar-refractivity contribution >= 4 is 29.1 Å². The number of carbonyl (C=O) groups excluding carboxylic acids is 2. The van der Waals surface area contributed by atoms with Gasteiger partial charge < -0.3 is 19.9 Å². The fourth-order valence-electron chi connectivity index (χ4n) is 2.49. The van der Waals surface area contributed by atoms with E-state index in [1.54, 1.807) is 18.2 Å². The van der Waals surface area contributed by atoms with Crippen LogP contribution in [0.15, 0.2) is 18.2 Å². The van der Waals surface area contributed by atoms with Gasteiger partial charge in [0.1, 0.15) is 5.75 Å². The lowest BCUT2D eigenvalue weighted by Crippen LogP contribution is -3.11. The van der Waals surface area contributed by atoms with E-state index >= 15 is 0 Å². The van der Waals surface area contributed by atoms with Crippen molar-refractivity contribution in [1.29, 1.82) is 0 Å². The summed E-state index contributed by atoms with van der Waals surface area (Å²) in [6.07, 6.45) is 2.05. The third-order valence-electron chi connectivity index (χ3n) is 3.87. The summed E-state index contributed by atoms with van der Waals surface area (Å²) in [7, 11) is 3.37. The largest absolute Gasteiger partial charge is 0.495 e. The second-order valence-electron chi connectivity index (χ2n) is 6.03. The number of likely N-dealkylation sites (N-methyl/N-ethyl adjacent to an activating group) is 2. The molecular formula is C18H29ClN3O3+. The number of unbranched alkanes of at least 4 members (excludes halogenated alkanes) is 1. The number of benzene rings is 1. The Bertz CT molecular complexity index is 581. The minimum Gasteiger partial charge on any atom is -0.495 e. The summed E-state index contributed by atoms with van der Waals surface area (Å²) in [5.74, 6) is 0.423. The summed E-state index contributed by atoms with van der Waals surface area (Å²) in [4.78, 5) is 27.2. The average molecular weight is 371 g/mol.